The van der Waals surface area contributed by atoms with Crippen molar-refractivity contribution in [3.63, 3.8) is 0 Å². The van der Waals surface area contributed by atoms with Crippen molar-refractivity contribution in [3.05, 3.63) is 18.0 Å². The van der Waals surface area contributed by atoms with Crippen LogP contribution < -0.4 is 0 Å². The van der Waals surface area contributed by atoms with Crippen molar-refractivity contribution in [2.75, 3.05) is 34.2 Å². The van der Waals surface area contributed by atoms with Crippen LogP contribution in [0.5, 0.6) is 0 Å². The first-order chi connectivity index (χ1) is 9.70. The van der Waals surface area contributed by atoms with Crippen molar-refractivity contribution in [2.45, 2.75) is 24.8 Å². The molecule has 0 amide bonds. The number of hydrogen-bond acceptors (Lipinski definition) is 4. The normalized spacial score (nSPS) is 12.3. The van der Waals surface area contributed by atoms with Gasteiger partial charge in [-0.1, -0.05) is 0 Å². The Morgan fingerprint density at radius 3 is 2.33 bits per heavy atom. The number of hydrogen-bond donors (Lipinski definition) is 1. The number of sulfonamides is 1. The van der Waals surface area contributed by atoms with Gasteiger partial charge in [-0.05, 0) is 40.1 Å². The third-order valence-electron chi connectivity index (χ3n) is 3.22. The number of rotatable bonds is 8. The monoisotopic (exact) mass is 317 g/mol. The lowest BCUT2D eigenvalue weighted by molar-refractivity contribution is 0.0685. The van der Waals surface area contributed by atoms with E-state index in [0.29, 0.717) is 19.5 Å². The van der Waals surface area contributed by atoms with Crippen LogP contribution in [0.2, 0.25) is 0 Å². The molecule has 1 heterocycles. The molecule has 1 N–H and O–H groups in total. The van der Waals surface area contributed by atoms with E-state index in [4.69, 9.17) is 5.11 Å². The fourth-order valence-corrected chi connectivity index (χ4v) is 3.23. The van der Waals surface area contributed by atoms with Gasteiger partial charge in [0, 0.05) is 26.3 Å². The molecular formula is C13H23N3O4S. The predicted molar refractivity (Wildman–Crippen MR) is 80.1 cm³/mol. The number of nitrogens with zero attached hydrogens (tertiary/aromatic N) is 3. The standard InChI is InChI=1S/C13H23N3O4S/c1-5-16-10-11(9-12(16)13(17)18)21(19,20)15(4)8-6-7-14(2)3/h9-10H,5-8H2,1-4H3,(H,17,18). The molecule has 0 aliphatic rings. The maximum absolute atomic E-state index is 12.4. The highest BCUT2D eigenvalue weighted by atomic mass is 32.2. The maximum Gasteiger partial charge on any atom is 0.352 e. The zero-order valence-electron chi connectivity index (χ0n) is 12.9. The SMILES string of the molecule is CCn1cc(S(=O)(=O)N(C)CCCN(C)C)cc1C(=O)O. The second-order valence-corrected chi connectivity index (χ2v) is 7.18. The molecule has 0 saturated carbocycles. The molecule has 0 unspecified atom stereocenters. The highest BCUT2D eigenvalue weighted by molar-refractivity contribution is 7.89. The molecule has 0 bridgehead atoms. The van der Waals surface area contributed by atoms with Gasteiger partial charge in [-0.25, -0.2) is 17.5 Å². The lowest BCUT2D eigenvalue weighted by atomic mass is 10.4. The van der Waals surface area contributed by atoms with E-state index in [1.807, 2.05) is 19.0 Å². The molecule has 0 atom stereocenters. The molecule has 120 valence electrons. The first-order valence-electron chi connectivity index (χ1n) is 6.74. The number of aromatic carboxylic acids is 1. The van der Waals surface area contributed by atoms with E-state index >= 15 is 0 Å². The summed E-state index contributed by atoms with van der Waals surface area (Å²) in [4.78, 5) is 13.1. The number of carboxylic acids is 1. The summed E-state index contributed by atoms with van der Waals surface area (Å²) in [5, 5.41) is 9.08. The topological polar surface area (TPSA) is 82.9 Å². The Morgan fingerprint density at radius 1 is 1.29 bits per heavy atom. The minimum Gasteiger partial charge on any atom is -0.477 e. The average molecular weight is 317 g/mol. The third kappa shape index (κ3) is 4.29. The van der Waals surface area contributed by atoms with Crippen molar-refractivity contribution in [1.29, 1.82) is 0 Å². The second-order valence-electron chi connectivity index (χ2n) is 5.14. The maximum atomic E-state index is 12.4. The number of aromatic nitrogens is 1. The van der Waals surface area contributed by atoms with Crippen LogP contribution in [0.25, 0.3) is 0 Å². The average Bonchev–Trinajstić information content (AvgIpc) is 2.82. The molecule has 1 rings (SSSR count). The van der Waals surface area contributed by atoms with E-state index in [1.165, 1.54) is 28.2 Å². The zero-order chi connectivity index (χ0) is 16.2. The summed E-state index contributed by atoms with van der Waals surface area (Å²) < 4.78 is 27.5. The highest BCUT2D eigenvalue weighted by Gasteiger charge is 2.24. The molecule has 0 fully saturated rings. The van der Waals surface area contributed by atoms with Gasteiger partial charge in [0.05, 0.1) is 0 Å². The molecule has 0 saturated heterocycles. The third-order valence-corrected chi connectivity index (χ3v) is 5.04. The van der Waals surface area contributed by atoms with Crippen LogP contribution in [-0.4, -0.2) is 67.5 Å². The molecule has 0 radical (unpaired) electrons. The Kier molecular flexibility index (Phi) is 5.94. The predicted octanol–water partition coefficient (Wildman–Crippen LogP) is 0.778. The molecule has 7 nitrogen and oxygen atoms in total. The summed E-state index contributed by atoms with van der Waals surface area (Å²) >= 11 is 0. The molecule has 0 spiro atoms. The summed E-state index contributed by atoms with van der Waals surface area (Å²) in [6.45, 7) is 3.35. The fraction of sp³-hybridized carbons (Fsp3) is 0.615. The second kappa shape index (κ2) is 7.06. The number of carboxylic acid groups (broad SMARTS) is 1. The minimum absolute atomic E-state index is 0.0160. The molecule has 1 aromatic rings. The van der Waals surface area contributed by atoms with Gasteiger partial charge in [0.2, 0.25) is 10.0 Å². The van der Waals surface area contributed by atoms with E-state index in [2.05, 4.69) is 0 Å². The van der Waals surface area contributed by atoms with Crippen molar-refractivity contribution >= 4 is 16.0 Å². The van der Waals surface area contributed by atoms with Crippen molar-refractivity contribution < 1.29 is 18.3 Å². The first-order valence-corrected chi connectivity index (χ1v) is 8.18. The highest BCUT2D eigenvalue weighted by Crippen LogP contribution is 2.18. The van der Waals surface area contributed by atoms with E-state index in [1.54, 1.807) is 6.92 Å². The Morgan fingerprint density at radius 2 is 1.90 bits per heavy atom. The molecule has 21 heavy (non-hydrogen) atoms. The summed E-state index contributed by atoms with van der Waals surface area (Å²) in [6, 6.07) is 1.21. The van der Waals surface area contributed by atoms with Crippen LogP contribution in [0.4, 0.5) is 0 Å². The Bertz CT molecular complexity index is 593. The van der Waals surface area contributed by atoms with Crippen molar-refractivity contribution in [1.82, 2.24) is 13.8 Å². The van der Waals surface area contributed by atoms with Gasteiger partial charge in [0.25, 0.3) is 0 Å². The van der Waals surface area contributed by atoms with Crippen molar-refractivity contribution in [3.8, 4) is 0 Å². The summed E-state index contributed by atoms with van der Waals surface area (Å²) in [5.41, 5.74) is -0.0160. The van der Waals surface area contributed by atoms with Crippen LogP contribution in [-0.2, 0) is 16.6 Å². The van der Waals surface area contributed by atoms with E-state index in [0.717, 1.165) is 6.54 Å². The smallest absolute Gasteiger partial charge is 0.352 e. The van der Waals surface area contributed by atoms with Gasteiger partial charge in [-0.2, -0.15) is 0 Å². The van der Waals surface area contributed by atoms with Crippen LogP contribution in [0, 0.1) is 0 Å². The Hall–Kier alpha value is -1.38. The van der Waals surface area contributed by atoms with E-state index < -0.39 is 16.0 Å². The summed E-state index contributed by atoms with van der Waals surface area (Å²) in [5.74, 6) is -1.13. The summed E-state index contributed by atoms with van der Waals surface area (Å²) in [6.07, 6.45) is 2.09. The minimum atomic E-state index is -3.65. The number of carbonyl (C=O) groups is 1. The van der Waals surface area contributed by atoms with Crippen LogP contribution in [0.15, 0.2) is 17.2 Å². The molecule has 1 aromatic heterocycles. The number of aryl methyl sites for hydroxylation is 1. The van der Waals surface area contributed by atoms with Crippen LogP contribution >= 0.6 is 0 Å². The Labute approximate surface area is 125 Å². The van der Waals surface area contributed by atoms with Gasteiger partial charge in [-0.15, -0.1) is 0 Å². The Balaban J connectivity index is 2.94. The van der Waals surface area contributed by atoms with Crippen molar-refractivity contribution in [2.24, 2.45) is 0 Å². The zero-order valence-corrected chi connectivity index (χ0v) is 13.7. The van der Waals surface area contributed by atoms with Crippen LogP contribution in [0.3, 0.4) is 0 Å². The van der Waals surface area contributed by atoms with Gasteiger partial charge in [0.15, 0.2) is 0 Å². The van der Waals surface area contributed by atoms with Gasteiger partial charge >= 0.3 is 5.97 Å². The fourth-order valence-electron chi connectivity index (χ4n) is 1.98. The summed E-state index contributed by atoms with van der Waals surface area (Å²) in [7, 11) is 1.71. The van der Waals surface area contributed by atoms with Gasteiger partial charge in [-0.3, -0.25) is 0 Å². The molecule has 0 aliphatic heterocycles. The lowest BCUT2D eigenvalue weighted by Crippen LogP contribution is -2.29. The lowest BCUT2D eigenvalue weighted by Gasteiger charge is -2.17. The van der Waals surface area contributed by atoms with Crippen LogP contribution in [0.1, 0.15) is 23.8 Å². The quantitative estimate of drug-likeness (QED) is 0.766. The molecular weight excluding hydrogens is 294 g/mol. The first kappa shape index (κ1) is 17.7. The molecule has 0 aliphatic carbocycles. The van der Waals surface area contributed by atoms with Gasteiger partial charge in [0.1, 0.15) is 10.6 Å². The molecule has 0 aromatic carbocycles. The van der Waals surface area contributed by atoms with Gasteiger partial charge < -0.3 is 14.6 Å². The largest absolute Gasteiger partial charge is 0.477 e. The molecule has 8 heteroatoms. The van der Waals surface area contributed by atoms with E-state index in [9.17, 15) is 13.2 Å². The van der Waals surface area contributed by atoms with E-state index in [-0.39, 0.29) is 10.6 Å².